The zero-order valence-electron chi connectivity index (χ0n) is 11.7. The summed E-state index contributed by atoms with van der Waals surface area (Å²) in [7, 11) is 0. The number of benzene rings is 1. The summed E-state index contributed by atoms with van der Waals surface area (Å²) in [4.78, 5) is 1.42. The lowest BCUT2D eigenvalue weighted by Crippen LogP contribution is -2.33. The van der Waals surface area contributed by atoms with E-state index in [-0.39, 0.29) is 0 Å². The van der Waals surface area contributed by atoms with Crippen molar-refractivity contribution in [1.82, 2.24) is 5.32 Å². The van der Waals surface area contributed by atoms with Crippen molar-refractivity contribution in [3.05, 3.63) is 30.3 Å². The quantitative estimate of drug-likeness (QED) is 0.736. The van der Waals surface area contributed by atoms with Crippen molar-refractivity contribution in [2.24, 2.45) is 5.41 Å². The summed E-state index contributed by atoms with van der Waals surface area (Å²) in [6.07, 6.45) is 9.99. The molecule has 1 aromatic rings. The van der Waals surface area contributed by atoms with Crippen molar-refractivity contribution in [3.8, 4) is 0 Å². The monoisotopic (exact) mass is 275 g/mol. The van der Waals surface area contributed by atoms with Crippen molar-refractivity contribution >= 4 is 11.8 Å². The van der Waals surface area contributed by atoms with E-state index in [1.165, 1.54) is 62.1 Å². The summed E-state index contributed by atoms with van der Waals surface area (Å²) in [5.74, 6) is 1.27. The maximum atomic E-state index is 3.78. The fraction of sp³-hybridized carbons (Fsp3) is 0.647. The van der Waals surface area contributed by atoms with Gasteiger partial charge in [0.15, 0.2) is 0 Å². The van der Waals surface area contributed by atoms with Crippen LogP contribution in [0, 0.1) is 5.41 Å². The molecular formula is C17H25NS. The molecule has 0 amide bonds. The summed E-state index contributed by atoms with van der Waals surface area (Å²) in [6, 6.07) is 11.7. The van der Waals surface area contributed by atoms with Crippen LogP contribution in [0.1, 0.15) is 44.9 Å². The zero-order chi connectivity index (χ0) is 13.0. The van der Waals surface area contributed by atoms with Gasteiger partial charge in [0.2, 0.25) is 0 Å². The van der Waals surface area contributed by atoms with Crippen molar-refractivity contribution in [2.75, 3.05) is 12.3 Å². The standard InChI is InChI=1S/C17H25NS/c1-2-6-16(7-3-1)19-13-12-17(10-4-5-11-17)14-18-15-8-9-15/h1-3,6-7,15,18H,4-5,8-14H2. The molecule has 2 aliphatic rings. The Bertz CT molecular complexity index is 380. The predicted molar refractivity (Wildman–Crippen MR) is 83.7 cm³/mol. The molecule has 0 aromatic heterocycles. The summed E-state index contributed by atoms with van der Waals surface area (Å²) in [5, 5.41) is 3.78. The van der Waals surface area contributed by atoms with E-state index in [2.05, 4.69) is 35.6 Å². The Balaban J connectivity index is 1.47. The Kier molecular flexibility index (Phi) is 4.49. The molecule has 2 saturated carbocycles. The van der Waals surface area contributed by atoms with E-state index in [0.29, 0.717) is 5.41 Å². The lowest BCUT2D eigenvalue weighted by molar-refractivity contribution is 0.270. The van der Waals surface area contributed by atoms with Crippen LogP contribution in [-0.4, -0.2) is 18.3 Å². The second-order valence-corrected chi connectivity index (χ2v) is 7.44. The second-order valence-electron chi connectivity index (χ2n) is 6.27. The number of thioether (sulfide) groups is 1. The number of hydrogen-bond acceptors (Lipinski definition) is 2. The van der Waals surface area contributed by atoms with Gasteiger partial charge < -0.3 is 5.32 Å². The molecule has 0 saturated heterocycles. The van der Waals surface area contributed by atoms with Crippen LogP contribution in [0.4, 0.5) is 0 Å². The third-order valence-electron chi connectivity index (χ3n) is 4.65. The van der Waals surface area contributed by atoms with Crippen LogP contribution in [0.3, 0.4) is 0 Å². The van der Waals surface area contributed by atoms with Gasteiger partial charge in [-0.25, -0.2) is 0 Å². The third-order valence-corrected chi connectivity index (χ3v) is 5.67. The van der Waals surface area contributed by atoms with Gasteiger partial charge in [0.1, 0.15) is 0 Å². The van der Waals surface area contributed by atoms with Crippen LogP contribution in [0.5, 0.6) is 0 Å². The van der Waals surface area contributed by atoms with Gasteiger partial charge in [0.05, 0.1) is 0 Å². The van der Waals surface area contributed by atoms with E-state index in [0.717, 1.165) is 6.04 Å². The van der Waals surface area contributed by atoms with Crippen LogP contribution < -0.4 is 5.32 Å². The average molecular weight is 275 g/mol. The van der Waals surface area contributed by atoms with E-state index in [1.807, 2.05) is 11.8 Å². The smallest absolute Gasteiger partial charge is 0.00719 e. The molecule has 0 bridgehead atoms. The fourth-order valence-corrected chi connectivity index (χ4v) is 4.31. The molecule has 1 nitrogen and oxygen atoms in total. The zero-order valence-corrected chi connectivity index (χ0v) is 12.6. The van der Waals surface area contributed by atoms with Crippen molar-refractivity contribution < 1.29 is 0 Å². The van der Waals surface area contributed by atoms with Crippen molar-refractivity contribution in [1.29, 1.82) is 0 Å². The SMILES string of the molecule is c1ccc(SCCC2(CNC3CC3)CCCC2)cc1. The van der Waals surface area contributed by atoms with Crippen LogP contribution in [-0.2, 0) is 0 Å². The summed E-state index contributed by atoms with van der Waals surface area (Å²) in [6.45, 7) is 1.27. The largest absolute Gasteiger partial charge is 0.313 e. The minimum atomic E-state index is 0.615. The van der Waals surface area contributed by atoms with Crippen LogP contribution in [0.15, 0.2) is 35.2 Å². The summed E-state index contributed by atoms with van der Waals surface area (Å²) >= 11 is 2.03. The molecule has 1 aromatic carbocycles. The highest BCUT2D eigenvalue weighted by Gasteiger charge is 2.34. The molecule has 1 N–H and O–H groups in total. The van der Waals surface area contributed by atoms with Gasteiger partial charge in [0.25, 0.3) is 0 Å². The maximum Gasteiger partial charge on any atom is 0.00719 e. The van der Waals surface area contributed by atoms with E-state index in [4.69, 9.17) is 0 Å². The first kappa shape index (κ1) is 13.5. The molecule has 104 valence electrons. The van der Waals surface area contributed by atoms with Gasteiger partial charge in [0, 0.05) is 17.5 Å². The molecule has 0 unspecified atom stereocenters. The molecule has 0 heterocycles. The molecule has 2 aliphatic carbocycles. The molecule has 19 heavy (non-hydrogen) atoms. The summed E-state index contributed by atoms with van der Waals surface area (Å²) < 4.78 is 0. The molecule has 0 radical (unpaired) electrons. The van der Waals surface area contributed by atoms with E-state index >= 15 is 0 Å². The Hall–Kier alpha value is -0.470. The predicted octanol–water partition coefficient (Wildman–Crippen LogP) is 4.48. The molecule has 0 spiro atoms. The molecule has 2 fully saturated rings. The Morgan fingerprint density at radius 2 is 1.84 bits per heavy atom. The number of nitrogens with one attached hydrogen (secondary N) is 1. The molecule has 2 heteroatoms. The number of rotatable bonds is 7. The minimum Gasteiger partial charge on any atom is -0.313 e. The fourth-order valence-electron chi connectivity index (χ4n) is 3.19. The first-order chi connectivity index (χ1) is 9.36. The highest BCUT2D eigenvalue weighted by molar-refractivity contribution is 7.99. The Labute approximate surface area is 121 Å². The van der Waals surface area contributed by atoms with E-state index < -0.39 is 0 Å². The van der Waals surface area contributed by atoms with Gasteiger partial charge in [-0.3, -0.25) is 0 Å². The van der Waals surface area contributed by atoms with Gasteiger partial charge in [-0.2, -0.15) is 0 Å². The lowest BCUT2D eigenvalue weighted by Gasteiger charge is -2.29. The maximum absolute atomic E-state index is 3.78. The Morgan fingerprint density at radius 3 is 2.53 bits per heavy atom. The van der Waals surface area contributed by atoms with E-state index in [9.17, 15) is 0 Å². The molecular weight excluding hydrogens is 250 g/mol. The summed E-state index contributed by atoms with van der Waals surface area (Å²) in [5.41, 5.74) is 0.615. The molecule has 0 atom stereocenters. The van der Waals surface area contributed by atoms with Crippen LogP contribution in [0.25, 0.3) is 0 Å². The topological polar surface area (TPSA) is 12.0 Å². The molecule has 0 aliphatic heterocycles. The van der Waals surface area contributed by atoms with Gasteiger partial charge in [-0.05, 0) is 55.4 Å². The molecule has 3 rings (SSSR count). The van der Waals surface area contributed by atoms with Gasteiger partial charge in [-0.15, -0.1) is 11.8 Å². The second kappa shape index (κ2) is 6.32. The minimum absolute atomic E-state index is 0.615. The first-order valence-electron chi connectivity index (χ1n) is 7.78. The van der Waals surface area contributed by atoms with Gasteiger partial charge >= 0.3 is 0 Å². The average Bonchev–Trinajstić information content (AvgIpc) is 3.17. The van der Waals surface area contributed by atoms with Crippen molar-refractivity contribution in [2.45, 2.75) is 55.9 Å². The highest BCUT2D eigenvalue weighted by atomic mass is 32.2. The Morgan fingerprint density at radius 1 is 1.11 bits per heavy atom. The number of hydrogen-bond donors (Lipinski definition) is 1. The highest BCUT2D eigenvalue weighted by Crippen LogP contribution is 2.42. The van der Waals surface area contributed by atoms with Crippen LogP contribution in [0.2, 0.25) is 0 Å². The van der Waals surface area contributed by atoms with E-state index in [1.54, 1.807) is 0 Å². The first-order valence-corrected chi connectivity index (χ1v) is 8.76. The third kappa shape index (κ3) is 4.00. The normalized spacial score (nSPS) is 21.7. The van der Waals surface area contributed by atoms with Gasteiger partial charge in [-0.1, -0.05) is 31.0 Å². The lowest BCUT2D eigenvalue weighted by atomic mass is 9.83. The van der Waals surface area contributed by atoms with Crippen LogP contribution >= 0.6 is 11.8 Å². The van der Waals surface area contributed by atoms with Crippen molar-refractivity contribution in [3.63, 3.8) is 0 Å².